The van der Waals surface area contributed by atoms with Gasteiger partial charge in [0.05, 0.1) is 12.3 Å². The number of nitrogens with zero attached hydrogens (tertiary/aromatic N) is 1. The highest BCUT2D eigenvalue weighted by Gasteiger charge is 2.21. The second-order valence-corrected chi connectivity index (χ2v) is 7.40. The van der Waals surface area contributed by atoms with Crippen LogP contribution in [0.25, 0.3) is 0 Å². The van der Waals surface area contributed by atoms with E-state index in [1.807, 2.05) is 26.8 Å². The van der Waals surface area contributed by atoms with Crippen molar-refractivity contribution in [2.45, 2.75) is 20.8 Å². The first-order chi connectivity index (χ1) is 11.6. The summed E-state index contributed by atoms with van der Waals surface area (Å²) in [6.45, 7) is 6.68. The van der Waals surface area contributed by atoms with E-state index in [0.29, 0.717) is 13.1 Å². The fourth-order valence-electron chi connectivity index (χ4n) is 1.87. The largest absolute Gasteiger partial charge is 0.491 e. The lowest BCUT2D eigenvalue weighted by molar-refractivity contribution is 0.175. The number of nitrogens with one attached hydrogen (secondary N) is 3. The Kier molecular flexibility index (Phi) is 7.02. The maximum Gasteiger partial charge on any atom is 0.314 e. The Morgan fingerprint density at radius 3 is 2.60 bits per heavy atom. The first-order valence-electron chi connectivity index (χ1n) is 7.56. The van der Waals surface area contributed by atoms with Gasteiger partial charge in [0.25, 0.3) is 10.2 Å². The van der Waals surface area contributed by atoms with Gasteiger partial charge in [-0.25, -0.2) is 9.93 Å². The number of anilines is 1. The van der Waals surface area contributed by atoms with Crippen molar-refractivity contribution in [2.24, 2.45) is 10.6 Å². The zero-order valence-corrected chi connectivity index (χ0v) is 15.2. The predicted octanol–water partition coefficient (Wildman–Crippen LogP) is 0.898. The molecule has 0 saturated carbocycles. The maximum atomic E-state index is 11.5. The van der Waals surface area contributed by atoms with E-state index in [-0.39, 0.29) is 29.6 Å². The molecule has 0 unspecified atom stereocenters. The Balaban J connectivity index is 2.81. The van der Waals surface area contributed by atoms with Gasteiger partial charge in [0, 0.05) is 18.5 Å². The molecule has 1 aromatic rings. The second kappa shape index (κ2) is 8.55. The molecule has 0 fully saturated rings. The van der Waals surface area contributed by atoms with Gasteiger partial charge in [-0.15, -0.1) is 0 Å². The molecular formula is C15H23N5O4S. The number of benzene rings is 1. The molecule has 9 nitrogen and oxygen atoms in total. The van der Waals surface area contributed by atoms with Crippen molar-refractivity contribution < 1.29 is 17.9 Å². The highest BCUT2D eigenvalue weighted by atomic mass is 32.2. The van der Waals surface area contributed by atoms with Crippen LogP contribution < -0.4 is 25.2 Å². The third-order valence-corrected chi connectivity index (χ3v) is 3.58. The van der Waals surface area contributed by atoms with E-state index in [2.05, 4.69) is 15.4 Å². The first-order valence-corrected chi connectivity index (χ1v) is 9.11. The lowest BCUT2D eigenvalue weighted by Crippen LogP contribution is -2.42. The Morgan fingerprint density at radius 2 is 2.04 bits per heavy atom. The van der Waals surface area contributed by atoms with E-state index in [4.69, 9.17) is 9.88 Å². The monoisotopic (exact) mass is 369 g/mol. The molecule has 0 aliphatic carbocycles. The minimum atomic E-state index is -4.00. The summed E-state index contributed by atoms with van der Waals surface area (Å²) in [6, 6.07) is 6.15. The van der Waals surface area contributed by atoms with Gasteiger partial charge in [0.1, 0.15) is 17.4 Å². The lowest BCUT2D eigenvalue weighted by Gasteiger charge is -2.25. The molecule has 0 aliphatic heterocycles. The van der Waals surface area contributed by atoms with Gasteiger partial charge >= 0.3 is 6.03 Å². The van der Waals surface area contributed by atoms with Gasteiger partial charge in [-0.2, -0.15) is 13.7 Å². The van der Waals surface area contributed by atoms with Crippen molar-refractivity contribution in [3.8, 4) is 11.8 Å². The smallest absolute Gasteiger partial charge is 0.314 e. The van der Waals surface area contributed by atoms with Crippen molar-refractivity contribution in [3.05, 3.63) is 23.8 Å². The highest BCUT2D eigenvalue weighted by Crippen LogP contribution is 2.27. The van der Waals surface area contributed by atoms with Crippen LogP contribution in [0, 0.1) is 16.7 Å². The lowest BCUT2D eigenvalue weighted by atomic mass is 9.95. The number of hydrogen-bond acceptors (Lipinski definition) is 5. The summed E-state index contributed by atoms with van der Waals surface area (Å²) in [5.41, 5.74) is -0.342. The number of ether oxygens (including phenoxy) is 1. The van der Waals surface area contributed by atoms with Gasteiger partial charge in [-0.3, -0.25) is 4.72 Å². The molecule has 0 aliphatic rings. The van der Waals surface area contributed by atoms with E-state index in [0.717, 1.165) is 0 Å². The number of carbonyl (C=O) groups is 1. The van der Waals surface area contributed by atoms with Gasteiger partial charge in [0.2, 0.25) is 0 Å². The minimum Gasteiger partial charge on any atom is -0.491 e. The zero-order valence-electron chi connectivity index (χ0n) is 14.4. The third kappa shape index (κ3) is 7.28. The van der Waals surface area contributed by atoms with Crippen LogP contribution in [0.3, 0.4) is 0 Å². The van der Waals surface area contributed by atoms with Crippen molar-refractivity contribution >= 4 is 21.9 Å². The summed E-state index contributed by atoms with van der Waals surface area (Å²) in [4.78, 5) is 11.5. The molecule has 0 heterocycles. The van der Waals surface area contributed by atoms with Crippen LogP contribution in [0.5, 0.6) is 5.75 Å². The normalized spacial score (nSPS) is 11.3. The molecule has 1 rings (SSSR count). The van der Waals surface area contributed by atoms with Crippen molar-refractivity contribution in [3.63, 3.8) is 0 Å². The van der Waals surface area contributed by atoms with Crippen molar-refractivity contribution in [1.29, 1.82) is 5.26 Å². The Hall–Kier alpha value is -2.51. The van der Waals surface area contributed by atoms with Crippen LogP contribution >= 0.6 is 0 Å². The van der Waals surface area contributed by atoms with Gasteiger partial charge in [0.15, 0.2) is 0 Å². The van der Waals surface area contributed by atoms with Crippen molar-refractivity contribution in [1.82, 2.24) is 10.6 Å². The van der Waals surface area contributed by atoms with E-state index < -0.39 is 15.6 Å². The van der Waals surface area contributed by atoms with Crippen LogP contribution in [-0.2, 0) is 10.2 Å². The summed E-state index contributed by atoms with van der Waals surface area (Å²) in [7, 11) is -4.00. The Labute approximate surface area is 147 Å². The number of carbonyl (C=O) groups excluding carboxylic acids is 1. The number of urea groups is 1. The fourth-order valence-corrected chi connectivity index (χ4v) is 2.35. The Morgan fingerprint density at radius 1 is 1.36 bits per heavy atom. The van der Waals surface area contributed by atoms with E-state index in [9.17, 15) is 18.5 Å². The molecular weight excluding hydrogens is 346 g/mol. The molecule has 25 heavy (non-hydrogen) atoms. The Bertz CT molecular complexity index is 756. The standard InChI is InChI=1S/C15H23N5O4S/c1-4-18-14(21)19-9-15(2,3)10-24-13-7-5-6-12(11(13)8-16)20-25(17,22)23/h5-7,20H,4,9-10H2,1-3H3,(H2,17,22,23)(H2,18,19,21). The molecule has 0 bridgehead atoms. The van der Waals surface area contributed by atoms with Gasteiger partial charge < -0.3 is 15.4 Å². The van der Waals surface area contributed by atoms with E-state index in [1.54, 1.807) is 12.1 Å². The molecule has 10 heteroatoms. The molecule has 0 saturated heterocycles. The van der Waals surface area contributed by atoms with Crippen LogP contribution in [0.1, 0.15) is 26.3 Å². The topological polar surface area (TPSA) is 146 Å². The first kappa shape index (κ1) is 20.5. The van der Waals surface area contributed by atoms with Crippen molar-refractivity contribution in [2.75, 3.05) is 24.4 Å². The van der Waals surface area contributed by atoms with Crippen LogP contribution in [-0.4, -0.2) is 34.1 Å². The van der Waals surface area contributed by atoms with Gasteiger partial charge in [-0.1, -0.05) is 19.9 Å². The van der Waals surface area contributed by atoms with Gasteiger partial charge in [-0.05, 0) is 19.1 Å². The summed E-state index contributed by atoms with van der Waals surface area (Å²) in [5.74, 6) is 0.224. The van der Waals surface area contributed by atoms with Crippen LogP contribution in [0.4, 0.5) is 10.5 Å². The second-order valence-electron chi connectivity index (χ2n) is 6.10. The number of hydrogen-bond donors (Lipinski definition) is 4. The molecule has 0 radical (unpaired) electrons. The molecule has 1 aromatic carbocycles. The van der Waals surface area contributed by atoms with E-state index in [1.165, 1.54) is 6.07 Å². The average molecular weight is 369 g/mol. The average Bonchev–Trinajstić information content (AvgIpc) is 2.50. The van der Waals surface area contributed by atoms with Crippen LogP contribution in [0.2, 0.25) is 0 Å². The van der Waals surface area contributed by atoms with Crippen LogP contribution in [0.15, 0.2) is 18.2 Å². The molecule has 0 spiro atoms. The quantitative estimate of drug-likeness (QED) is 0.537. The molecule has 2 amide bonds. The maximum absolute atomic E-state index is 11.5. The summed E-state index contributed by atoms with van der Waals surface area (Å²) in [5, 5.41) is 19.6. The molecule has 0 atom stereocenters. The number of rotatable bonds is 8. The number of nitriles is 1. The molecule has 5 N–H and O–H groups in total. The summed E-state index contributed by atoms with van der Waals surface area (Å²) >= 11 is 0. The molecule has 138 valence electrons. The van der Waals surface area contributed by atoms with E-state index >= 15 is 0 Å². The number of nitrogens with two attached hydrogens (primary N) is 1. The summed E-state index contributed by atoms with van der Waals surface area (Å²) in [6.07, 6.45) is 0. The molecule has 0 aromatic heterocycles. The zero-order chi connectivity index (χ0) is 19.1. The summed E-state index contributed by atoms with van der Waals surface area (Å²) < 4.78 is 30.1. The predicted molar refractivity (Wildman–Crippen MR) is 94.2 cm³/mol. The highest BCUT2D eigenvalue weighted by molar-refractivity contribution is 7.90. The number of amides is 2. The fraction of sp³-hybridized carbons (Fsp3) is 0.467. The SMILES string of the molecule is CCNC(=O)NCC(C)(C)COc1cccc(NS(N)(=O)=O)c1C#N. The third-order valence-electron chi connectivity index (χ3n) is 3.07. The minimum absolute atomic E-state index is 0.0315.